The first-order chi connectivity index (χ1) is 4.06. The summed E-state index contributed by atoms with van der Waals surface area (Å²) in [6, 6.07) is 0. The summed E-state index contributed by atoms with van der Waals surface area (Å²) in [6.45, 7) is 5.17. The van der Waals surface area contributed by atoms with Gasteiger partial charge in [-0.15, -0.1) is 0 Å². The van der Waals surface area contributed by atoms with Crippen LogP contribution in [0.4, 0.5) is 0 Å². The maximum Gasteiger partial charge on any atom is 0.119 e. The van der Waals surface area contributed by atoms with Gasteiger partial charge in [0.1, 0.15) is 6.10 Å². The molecule has 0 spiro atoms. The second kappa shape index (κ2) is 3.18. The molecule has 0 aliphatic carbocycles. The summed E-state index contributed by atoms with van der Waals surface area (Å²) in [5, 5.41) is 20.2. The number of rotatable bonds is 3. The van der Waals surface area contributed by atoms with E-state index in [1.54, 1.807) is 0 Å². The Morgan fingerprint density at radius 2 is 1.78 bits per heavy atom. The first-order valence-corrected chi connectivity index (χ1v) is 3.45. The van der Waals surface area contributed by atoms with Crippen LogP contribution in [0.3, 0.4) is 0 Å². The van der Waals surface area contributed by atoms with E-state index in [0.717, 1.165) is 0 Å². The van der Waals surface area contributed by atoms with Gasteiger partial charge < -0.3 is 5.11 Å². The molecule has 9 heavy (non-hydrogen) atoms. The van der Waals surface area contributed by atoms with Gasteiger partial charge in [0.25, 0.3) is 0 Å². The fourth-order valence-electron chi connectivity index (χ4n) is 0.825. The summed E-state index contributed by atoms with van der Waals surface area (Å²) in [5.74, 6) is 0. The minimum Gasteiger partial charge on any atom is -0.387 e. The van der Waals surface area contributed by atoms with Gasteiger partial charge in [0.05, 0.1) is 5.60 Å². The molecule has 1 atom stereocenters. The quantitative estimate of drug-likeness (QED) is 0.617. The van der Waals surface area contributed by atoms with Gasteiger partial charge in [-0.2, -0.15) is 0 Å². The average molecular weight is 131 g/mol. The molecular weight excluding hydrogens is 116 g/mol. The van der Waals surface area contributed by atoms with Crippen molar-refractivity contribution < 1.29 is 10.2 Å². The maximum atomic E-state index is 10.8. The van der Waals surface area contributed by atoms with Crippen LogP contribution < -0.4 is 0 Å². The summed E-state index contributed by atoms with van der Waals surface area (Å²) < 4.78 is 0. The zero-order valence-electron chi connectivity index (χ0n) is 6.35. The molecule has 2 nitrogen and oxygen atoms in total. The molecule has 0 fully saturated rings. The predicted octanol–water partition coefficient (Wildman–Crippen LogP) is 1.36. The van der Waals surface area contributed by atoms with E-state index in [2.05, 4.69) is 0 Å². The van der Waals surface area contributed by atoms with E-state index in [-0.39, 0.29) is 0 Å². The monoisotopic (exact) mass is 131 g/mol. The minimum atomic E-state index is -0.972. The van der Waals surface area contributed by atoms with Gasteiger partial charge >= 0.3 is 0 Å². The molecule has 0 saturated carbocycles. The standard InChI is InChI=1S/C7H15O2/c1-4-7(9,5-2)6(3)8/h6,9H,4-5H2,1-3H3. The van der Waals surface area contributed by atoms with Gasteiger partial charge in [-0.3, -0.25) is 0 Å². The molecule has 0 aromatic carbocycles. The molecule has 0 aromatic rings. The molecule has 55 valence electrons. The first kappa shape index (κ1) is 8.92. The smallest absolute Gasteiger partial charge is 0.119 e. The van der Waals surface area contributed by atoms with Crippen LogP contribution in [0.15, 0.2) is 0 Å². The van der Waals surface area contributed by atoms with Crippen LogP contribution in [-0.4, -0.2) is 16.8 Å². The van der Waals surface area contributed by atoms with E-state index in [1.165, 1.54) is 6.92 Å². The molecule has 1 unspecified atom stereocenters. The molecule has 1 N–H and O–H groups in total. The highest BCUT2D eigenvalue weighted by Gasteiger charge is 2.29. The van der Waals surface area contributed by atoms with E-state index in [4.69, 9.17) is 0 Å². The second-order valence-electron chi connectivity index (χ2n) is 2.45. The molecule has 0 aromatic heterocycles. The Balaban J connectivity index is 3.92. The van der Waals surface area contributed by atoms with E-state index >= 15 is 0 Å². The van der Waals surface area contributed by atoms with Crippen molar-refractivity contribution in [1.82, 2.24) is 0 Å². The van der Waals surface area contributed by atoms with Gasteiger partial charge in [-0.25, -0.2) is 5.11 Å². The summed E-state index contributed by atoms with van der Waals surface area (Å²) >= 11 is 0. The summed E-state index contributed by atoms with van der Waals surface area (Å²) in [6.07, 6.45) is 0.231. The summed E-state index contributed by atoms with van der Waals surface area (Å²) in [5.41, 5.74) is -0.972. The Bertz CT molecular complexity index is 75.0. The summed E-state index contributed by atoms with van der Waals surface area (Å²) in [4.78, 5) is 0. The summed E-state index contributed by atoms with van der Waals surface area (Å²) in [7, 11) is 0. The van der Waals surface area contributed by atoms with Crippen LogP contribution >= 0.6 is 0 Å². The van der Waals surface area contributed by atoms with Crippen LogP contribution in [0.25, 0.3) is 0 Å². The molecule has 1 radical (unpaired) electrons. The topological polar surface area (TPSA) is 40.1 Å². The third kappa shape index (κ3) is 1.95. The Kier molecular flexibility index (Phi) is 3.15. The van der Waals surface area contributed by atoms with Gasteiger partial charge in [0.2, 0.25) is 0 Å². The molecule has 0 aliphatic heterocycles. The van der Waals surface area contributed by atoms with Crippen molar-refractivity contribution in [1.29, 1.82) is 0 Å². The minimum absolute atomic E-state index is 0.550. The third-order valence-corrected chi connectivity index (χ3v) is 1.98. The predicted molar refractivity (Wildman–Crippen MR) is 35.7 cm³/mol. The van der Waals surface area contributed by atoms with E-state index < -0.39 is 11.7 Å². The zero-order chi connectivity index (χ0) is 7.49. The van der Waals surface area contributed by atoms with Crippen molar-refractivity contribution in [3.63, 3.8) is 0 Å². The van der Waals surface area contributed by atoms with Crippen LogP contribution in [0, 0.1) is 0 Å². The fourth-order valence-corrected chi connectivity index (χ4v) is 0.825. The number of hydrogen-bond acceptors (Lipinski definition) is 1. The maximum absolute atomic E-state index is 10.8. The Morgan fingerprint density at radius 3 is 1.78 bits per heavy atom. The Hall–Kier alpha value is -0.0800. The molecule has 0 bridgehead atoms. The molecule has 0 aliphatic rings. The number of hydrogen-bond donors (Lipinski definition) is 1. The Morgan fingerprint density at radius 1 is 1.44 bits per heavy atom. The molecule has 0 heterocycles. The van der Waals surface area contributed by atoms with Gasteiger partial charge in [-0.05, 0) is 19.8 Å². The van der Waals surface area contributed by atoms with Crippen molar-refractivity contribution >= 4 is 0 Å². The second-order valence-corrected chi connectivity index (χ2v) is 2.45. The van der Waals surface area contributed by atoms with Crippen molar-refractivity contribution in [3.8, 4) is 0 Å². The first-order valence-electron chi connectivity index (χ1n) is 3.45. The largest absolute Gasteiger partial charge is 0.387 e. The molecule has 2 heteroatoms. The van der Waals surface area contributed by atoms with E-state index in [9.17, 15) is 10.2 Å². The molecule has 0 saturated heterocycles. The van der Waals surface area contributed by atoms with Crippen molar-refractivity contribution in [2.45, 2.75) is 45.3 Å². The molecule has 0 amide bonds. The fraction of sp³-hybridized carbons (Fsp3) is 1.00. The van der Waals surface area contributed by atoms with Crippen molar-refractivity contribution in [3.05, 3.63) is 0 Å². The Labute approximate surface area is 56.5 Å². The van der Waals surface area contributed by atoms with Crippen LogP contribution in [0.5, 0.6) is 0 Å². The lowest BCUT2D eigenvalue weighted by molar-refractivity contribution is -0.1000. The lowest BCUT2D eigenvalue weighted by atomic mass is 9.92. The highest BCUT2D eigenvalue weighted by molar-refractivity contribution is 4.79. The highest BCUT2D eigenvalue weighted by Crippen LogP contribution is 2.18. The third-order valence-electron chi connectivity index (χ3n) is 1.98. The van der Waals surface area contributed by atoms with Crippen LogP contribution in [0.1, 0.15) is 33.6 Å². The lowest BCUT2D eigenvalue weighted by Gasteiger charge is -2.26. The van der Waals surface area contributed by atoms with Crippen LogP contribution in [0.2, 0.25) is 0 Å². The highest BCUT2D eigenvalue weighted by atomic mass is 16.3. The van der Waals surface area contributed by atoms with Gasteiger partial charge in [0, 0.05) is 0 Å². The van der Waals surface area contributed by atoms with Crippen molar-refractivity contribution in [2.75, 3.05) is 0 Å². The van der Waals surface area contributed by atoms with Crippen LogP contribution in [-0.2, 0) is 5.11 Å². The zero-order valence-corrected chi connectivity index (χ0v) is 6.35. The van der Waals surface area contributed by atoms with E-state index in [1.807, 2.05) is 13.8 Å². The lowest BCUT2D eigenvalue weighted by Crippen LogP contribution is -2.38. The normalized spacial score (nSPS) is 15.7. The van der Waals surface area contributed by atoms with Crippen molar-refractivity contribution in [2.24, 2.45) is 0 Å². The van der Waals surface area contributed by atoms with Gasteiger partial charge in [0.15, 0.2) is 0 Å². The number of aliphatic hydroxyl groups is 1. The average Bonchev–Trinajstić information content (AvgIpc) is 1.86. The molecule has 0 rings (SSSR count). The van der Waals surface area contributed by atoms with E-state index in [0.29, 0.717) is 12.8 Å². The molecular formula is C7H15O2. The SMILES string of the molecule is CCC(O)(CC)C(C)[O]. The van der Waals surface area contributed by atoms with Gasteiger partial charge in [-0.1, -0.05) is 13.8 Å².